The van der Waals surface area contributed by atoms with Gasteiger partial charge < -0.3 is 10.5 Å². The highest BCUT2D eigenvalue weighted by molar-refractivity contribution is 9.10. The fourth-order valence-corrected chi connectivity index (χ4v) is 1.88. The first kappa shape index (κ1) is 10.9. The van der Waals surface area contributed by atoms with E-state index >= 15 is 0 Å². The minimum atomic E-state index is 0.407. The van der Waals surface area contributed by atoms with E-state index in [0.29, 0.717) is 4.99 Å². The van der Waals surface area contributed by atoms with Crippen molar-refractivity contribution in [3.8, 4) is 5.75 Å². The first-order valence-electron chi connectivity index (χ1n) is 4.89. The Morgan fingerprint density at radius 2 is 2.27 bits per heavy atom. The van der Waals surface area contributed by atoms with Gasteiger partial charge in [-0.3, -0.25) is 0 Å². The Bertz CT molecular complexity index is 390. The average Bonchev–Trinajstić information content (AvgIpc) is 2.99. The highest BCUT2D eigenvalue weighted by Gasteiger charge is 2.22. The summed E-state index contributed by atoms with van der Waals surface area (Å²) in [6, 6.07) is 5.68. The third kappa shape index (κ3) is 2.92. The molecular formula is C11H12BrNOS. The van der Waals surface area contributed by atoms with Crippen LogP contribution in [0.5, 0.6) is 5.75 Å². The number of hydrogen-bond acceptors (Lipinski definition) is 2. The van der Waals surface area contributed by atoms with Crippen LogP contribution in [-0.4, -0.2) is 11.6 Å². The molecule has 80 valence electrons. The van der Waals surface area contributed by atoms with Crippen LogP contribution in [0.25, 0.3) is 0 Å². The second kappa shape index (κ2) is 4.49. The maximum atomic E-state index is 5.66. The molecule has 1 saturated carbocycles. The standard InChI is InChI=1S/C11H12BrNOS/c12-9-5-8(11(13)15)3-4-10(9)14-6-7-1-2-7/h3-5,7H,1-2,6H2,(H2,13,15). The second-order valence-electron chi connectivity index (χ2n) is 3.76. The minimum absolute atomic E-state index is 0.407. The topological polar surface area (TPSA) is 35.2 Å². The Labute approximate surface area is 103 Å². The Morgan fingerprint density at radius 3 is 2.80 bits per heavy atom. The largest absolute Gasteiger partial charge is 0.492 e. The van der Waals surface area contributed by atoms with E-state index < -0.39 is 0 Å². The number of halogens is 1. The molecule has 1 fully saturated rings. The van der Waals surface area contributed by atoms with Gasteiger partial charge in [0, 0.05) is 5.56 Å². The first-order chi connectivity index (χ1) is 7.16. The molecule has 0 aliphatic heterocycles. The van der Waals surface area contributed by atoms with Crippen LogP contribution in [0.3, 0.4) is 0 Å². The van der Waals surface area contributed by atoms with Gasteiger partial charge in [-0.05, 0) is 52.9 Å². The molecule has 1 aromatic carbocycles. The van der Waals surface area contributed by atoms with Crippen LogP contribution in [0.15, 0.2) is 22.7 Å². The van der Waals surface area contributed by atoms with Crippen molar-refractivity contribution in [2.45, 2.75) is 12.8 Å². The Hall–Kier alpha value is -0.610. The lowest BCUT2D eigenvalue weighted by molar-refractivity contribution is 0.298. The molecule has 0 aromatic heterocycles. The van der Waals surface area contributed by atoms with Crippen molar-refractivity contribution in [3.63, 3.8) is 0 Å². The quantitative estimate of drug-likeness (QED) is 0.864. The molecule has 1 aromatic rings. The summed E-state index contributed by atoms with van der Waals surface area (Å²) in [7, 11) is 0. The zero-order valence-electron chi connectivity index (χ0n) is 8.20. The molecule has 15 heavy (non-hydrogen) atoms. The average molecular weight is 286 g/mol. The monoisotopic (exact) mass is 285 g/mol. The summed E-state index contributed by atoms with van der Waals surface area (Å²) < 4.78 is 6.58. The van der Waals surface area contributed by atoms with Crippen LogP contribution < -0.4 is 10.5 Å². The summed E-state index contributed by atoms with van der Waals surface area (Å²) in [6.07, 6.45) is 2.59. The van der Waals surface area contributed by atoms with E-state index in [2.05, 4.69) is 15.9 Å². The normalized spacial score (nSPS) is 15.0. The summed E-state index contributed by atoms with van der Waals surface area (Å²) in [5, 5.41) is 0. The lowest BCUT2D eigenvalue weighted by Crippen LogP contribution is -2.09. The molecule has 2 nitrogen and oxygen atoms in total. The van der Waals surface area contributed by atoms with Gasteiger partial charge in [0.2, 0.25) is 0 Å². The number of ether oxygens (including phenoxy) is 1. The molecular weight excluding hydrogens is 274 g/mol. The molecule has 1 aliphatic rings. The van der Waals surface area contributed by atoms with Crippen molar-refractivity contribution in [2.75, 3.05) is 6.61 Å². The van der Waals surface area contributed by atoms with E-state index in [-0.39, 0.29) is 0 Å². The number of rotatable bonds is 4. The van der Waals surface area contributed by atoms with Gasteiger partial charge in [-0.25, -0.2) is 0 Å². The van der Waals surface area contributed by atoms with Crippen LogP contribution in [0.1, 0.15) is 18.4 Å². The zero-order chi connectivity index (χ0) is 10.8. The van der Waals surface area contributed by atoms with E-state index in [1.807, 2.05) is 18.2 Å². The third-order valence-electron chi connectivity index (χ3n) is 2.39. The molecule has 2 rings (SSSR count). The number of hydrogen-bond donors (Lipinski definition) is 1. The number of thiocarbonyl (C=S) groups is 1. The SMILES string of the molecule is NC(=S)c1ccc(OCC2CC2)c(Br)c1. The molecule has 4 heteroatoms. The zero-order valence-corrected chi connectivity index (χ0v) is 10.6. The highest BCUT2D eigenvalue weighted by Crippen LogP contribution is 2.32. The minimum Gasteiger partial charge on any atom is -0.492 e. The number of benzene rings is 1. The smallest absolute Gasteiger partial charge is 0.133 e. The first-order valence-corrected chi connectivity index (χ1v) is 6.09. The molecule has 0 atom stereocenters. The van der Waals surface area contributed by atoms with E-state index in [1.54, 1.807) is 0 Å². The van der Waals surface area contributed by atoms with Gasteiger partial charge in [-0.15, -0.1) is 0 Å². The van der Waals surface area contributed by atoms with E-state index in [4.69, 9.17) is 22.7 Å². The number of nitrogens with two attached hydrogens (primary N) is 1. The van der Waals surface area contributed by atoms with Crippen molar-refractivity contribution in [2.24, 2.45) is 11.7 Å². The molecule has 0 unspecified atom stereocenters. The van der Waals surface area contributed by atoms with Crippen molar-refractivity contribution >= 4 is 33.1 Å². The molecule has 0 amide bonds. The van der Waals surface area contributed by atoms with Gasteiger partial charge in [-0.1, -0.05) is 12.2 Å². The Morgan fingerprint density at radius 1 is 1.53 bits per heavy atom. The maximum Gasteiger partial charge on any atom is 0.133 e. The van der Waals surface area contributed by atoms with Crippen molar-refractivity contribution in [3.05, 3.63) is 28.2 Å². The molecule has 0 spiro atoms. The van der Waals surface area contributed by atoms with E-state index in [9.17, 15) is 0 Å². The summed E-state index contributed by atoms with van der Waals surface area (Å²) >= 11 is 8.34. The van der Waals surface area contributed by atoms with Crippen LogP contribution in [0.4, 0.5) is 0 Å². The van der Waals surface area contributed by atoms with Crippen molar-refractivity contribution in [1.29, 1.82) is 0 Å². The lowest BCUT2D eigenvalue weighted by atomic mass is 10.2. The summed E-state index contributed by atoms with van der Waals surface area (Å²) in [4.78, 5) is 0.407. The molecule has 0 radical (unpaired) electrons. The molecule has 0 heterocycles. The van der Waals surface area contributed by atoms with Crippen LogP contribution in [0, 0.1) is 5.92 Å². The fourth-order valence-electron chi connectivity index (χ4n) is 1.26. The molecule has 2 N–H and O–H groups in total. The maximum absolute atomic E-state index is 5.66. The second-order valence-corrected chi connectivity index (χ2v) is 5.06. The van der Waals surface area contributed by atoms with E-state index in [0.717, 1.165) is 28.3 Å². The summed E-state index contributed by atoms with van der Waals surface area (Å²) in [5.74, 6) is 1.62. The van der Waals surface area contributed by atoms with Gasteiger partial charge in [0.1, 0.15) is 10.7 Å². The third-order valence-corrected chi connectivity index (χ3v) is 3.24. The van der Waals surface area contributed by atoms with Crippen LogP contribution >= 0.6 is 28.1 Å². The predicted octanol–water partition coefficient (Wildman–Crippen LogP) is 2.87. The van der Waals surface area contributed by atoms with Crippen LogP contribution in [0.2, 0.25) is 0 Å². The van der Waals surface area contributed by atoms with Crippen molar-refractivity contribution in [1.82, 2.24) is 0 Å². The fraction of sp³-hybridized carbons (Fsp3) is 0.364. The lowest BCUT2D eigenvalue weighted by Gasteiger charge is -2.08. The van der Waals surface area contributed by atoms with Gasteiger partial charge in [0.15, 0.2) is 0 Å². The van der Waals surface area contributed by atoms with Gasteiger partial charge >= 0.3 is 0 Å². The Kier molecular flexibility index (Phi) is 3.26. The van der Waals surface area contributed by atoms with Crippen LogP contribution in [-0.2, 0) is 0 Å². The molecule has 1 aliphatic carbocycles. The summed E-state index contributed by atoms with van der Waals surface area (Å²) in [6.45, 7) is 0.811. The Balaban J connectivity index is 2.07. The molecule has 0 saturated heterocycles. The van der Waals surface area contributed by atoms with Crippen molar-refractivity contribution < 1.29 is 4.74 Å². The van der Waals surface area contributed by atoms with Gasteiger partial charge in [0.05, 0.1) is 11.1 Å². The van der Waals surface area contributed by atoms with Gasteiger partial charge in [0.25, 0.3) is 0 Å². The summed E-state index contributed by atoms with van der Waals surface area (Å²) in [5.41, 5.74) is 6.39. The van der Waals surface area contributed by atoms with Gasteiger partial charge in [-0.2, -0.15) is 0 Å². The van der Waals surface area contributed by atoms with E-state index in [1.165, 1.54) is 12.8 Å². The predicted molar refractivity (Wildman–Crippen MR) is 68.2 cm³/mol. The molecule has 0 bridgehead atoms. The highest BCUT2D eigenvalue weighted by atomic mass is 79.9.